The smallest absolute Gasteiger partial charge is 0.0183 e. The summed E-state index contributed by atoms with van der Waals surface area (Å²) in [5.74, 6) is 0.872. The zero-order chi connectivity index (χ0) is 10.7. The predicted molar refractivity (Wildman–Crippen MR) is 64.1 cm³/mol. The van der Waals surface area contributed by atoms with Gasteiger partial charge >= 0.3 is 0 Å². The summed E-state index contributed by atoms with van der Waals surface area (Å²) < 4.78 is 0. The van der Waals surface area contributed by atoms with Gasteiger partial charge in [0, 0.05) is 31.7 Å². The van der Waals surface area contributed by atoms with Gasteiger partial charge < -0.3 is 10.6 Å². The zero-order valence-corrected chi connectivity index (χ0v) is 10.2. The minimum absolute atomic E-state index is 0.393. The van der Waals surface area contributed by atoms with Gasteiger partial charge in [-0.1, -0.05) is 0 Å². The average Bonchev–Trinajstić information content (AvgIpc) is 2.31. The Bertz CT molecular complexity index is 171. The summed E-state index contributed by atoms with van der Waals surface area (Å²) in [7, 11) is 0. The molecule has 2 aliphatic heterocycles. The minimum atomic E-state index is 0.393. The molecule has 3 nitrogen and oxygen atoms in total. The molecule has 0 saturated carbocycles. The van der Waals surface area contributed by atoms with E-state index in [-0.39, 0.29) is 0 Å². The van der Waals surface area contributed by atoms with Crippen molar-refractivity contribution < 1.29 is 0 Å². The van der Waals surface area contributed by atoms with Crippen LogP contribution in [-0.2, 0) is 0 Å². The highest BCUT2D eigenvalue weighted by Gasteiger charge is 2.36. The van der Waals surface area contributed by atoms with Crippen LogP contribution in [-0.4, -0.2) is 49.7 Å². The molecule has 3 heteroatoms. The molecular weight excluding hydrogens is 186 g/mol. The molecule has 0 aromatic heterocycles. The molecule has 2 heterocycles. The topological polar surface area (TPSA) is 27.3 Å². The summed E-state index contributed by atoms with van der Waals surface area (Å²) >= 11 is 0. The number of piperidine rings is 1. The second-order valence-corrected chi connectivity index (χ2v) is 5.41. The van der Waals surface area contributed by atoms with Crippen molar-refractivity contribution in [1.29, 1.82) is 0 Å². The van der Waals surface area contributed by atoms with E-state index in [2.05, 4.69) is 29.4 Å². The monoisotopic (exact) mass is 211 g/mol. The van der Waals surface area contributed by atoms with Gasteiger partial charge in [0.1, 0.15) is 0 Å². The van der Waals surface area contributed by atoms with Crippen molar-refractivity contribution in [1.82, 2.24) is 15.5 Å². The third kappa shape index (κ3) is 2.52. The molecule has 88 valence electrons. The Labute approximate surface area is 93.6 Å². The lowest BCUT2D eigenvalue weighted by Crippen LogP contribution is -2.57. The normalized spacial score (nSPS) is 26.8. The lowest BCUT2D eigenvalue weighted by molar-refractivity contribution is 0.0373. The first kappa shape index (κ1) is 11.4. The molecule has 0 unspecified atom stereocenters. The Hall–Kier alpha value is -0.120. The Morgan fingerprint density at radius 3 is 2.07 bits per heavy atom. The van der Waals surface area contributed by atoms with E-state index in [0.717, 1.165) is 19.0 Å². The molecule has 0 aromatic rings. The molecule has 2 aliphatic rings. The maximum absolute atomic E-state index is 3.46. The van der Waals surface area contributed by atoms with Crippen molar-refractivity contribution in [3.63, 3.8) is 0 Å². The third-order valence-electron chi connectivity index (χ3n) is 4.27. The van der Waals surface area contributed by atoms with Crippen molar-refractivity contribution in [2.24, 2.45) is 5.92 Å². The molecule has 2 rings (SSSR count). The summed E-state index contributed by atoms with van der Waals surface area (Å²) in [4.78, 5) is 2.68. The van der Waals surface area contributed by atoms with Crippen LogP contribution in [0, 0.1) is 5.92 Å². The largest absolute Gasteiger partial charge is 0.317 e. The highest BCUT2D eigenvalue weighted by Crippen LogP contribution is 2.31. The van der Waals surface area contributed by atoms with E-state index in [1.807, 2.05) is 0 Å². The number of hydrogen-bond donors (Lipinski definition) is 2. The molecule has 2 saturated heterocycles. The van der Waals surface area contributed by atoms with Gasteiger partial charge in [0.05, 0.1) is 0 Å². The molecule has 15 heavy (non-hydrogen) atoms. The van der Waals surface area contributed by atoms with Crippen LogP contribution in [0.4, 0.5) is 0 Å². The van der Waals surface area contributed by atoms with Crippen LogP contribution in [0.5, 0.6) is 0 Å². The van der Waals surface area contributed by atoms with Gasteiger partial charge in [-0.05, 0) is 45.7 Å². The fourth-order valence-corrected chi connectivity index (χ4v) is 3.03. The van der Waals surface area contributed by atoms with Crippen LogP contribution < -0.4 is 10.6 Å². The Morgan fingerprint density at radius 1 is 0.933 bits per heavy atom. The standard InChI is InChI=1S/C12H25N3/c1-12(2,11-3-5-13-6-4-11)15-9-7-14-8-10-15/h11,13-14H,3-10H2,1-2H3. The van der Waals surface area contributed by atoms with Gasteiger partial charge in [0.15, 0.2) is 0 Å². The maximum Gasteiger partial charge on any atom is 0.0183 e. The van der Waals surface area contributed by atoms with Crippen LogP contribution in [0.15, 0.2) is 0 Å². The molecule has 2 N–H and O–H groups in total. The summed E-state index contributed by atoms with van der Waals surface area (Å²) in [6.45, 7) is 12.1. The minimum Gasteiger partial charge on any atom is -0.317 e. The quantitative estimate of drug-likeness (QED) is 0.703. The summed E-state index contributed by atoms with van der Waals surface area (Å²) in [5, 5.41) is 6.89. The molecule has 0 spiro atoms. The van der Waals surface area contributed by atoms with Gasteiger partial charge in [-0.2, -0.15) is 0 Å². The van der Waals surface area contributed by atoms with Crippen molar-refractivity contribution in [3.05, 3.63) is 0 Å². The lowest BCUT2D eigenvalue weighted by Gasteiger charge is -2.47. The molecule has 0 radical (unpaired) electrons. The molecule has 0 amide bonds. The van der Waals surface area contributed by atoms with Crippen molar-refractivity contribution >= 4 is 0 Å². The van der Waals surface area contributed by atoms with E-state index >= 15 is 0 Å². The SMILES string of the molecule is CC(C)(C1CCNCC1)N1CCNCC1. The zero-order valence-electron chi connectivity index (χ0n) is 10.2. The van der Waals surface area contributed by atoms with Gasteiger partial charge in [-0.25, -0.2) is 0 Å². The second-order valence-electron chi connectivity index (χ2n) is 5.41. The van der Waals surface area contributed by atoms with Gasteiger partial charge in [0.25, 0.3) is 0 Å². The number of nitrogens with zero attached hydrogens (tertiary/aromatic N) is 1. The molecule has 2 fully saturated rings. The molecule has 0 bridgehead atoms. The van der Waals surface area contributed by atoms with Crippen molar-refractivity contribution in [2.45, 2.75) is 32.2 Å². The summed E-state index contributed by atoms with van der Waals surface area (Å²) in [6, 6.07) is 0. The highest BCUT2D eigenvalue weighted by atomic mass is 15.2. The van der Waals surface area contributed by atoms with Crippen LogP contribution >= 0.6 is 0 Å². The first-order valence-corrected chi connectivity index (χ1v) is 6.38. The number of hydrogen-bond acceptors (Lipinski definition) is 3. The molecule has 0 atom stereocenters. The van der Waals surface area contributed by atoms with Crippen LogP contribution in [0.1, 0.15) is 26.7 Å². The lowest BCUT2D eigenvalue weighted by atomic mass is 9.79. The van der Waals surface area contributed by atoms with Crippen LogP contribution in [0.3, 0.4) is 0 Å². The number of rotatable bonds is 2. The third-order valence-corrected chi connectivity index (χ3v) is 4.27. The van der Waals surface area contributed by atoms with E-state index in [1.165, 1.54) is 39.0 Å². The fourth-order valence-electron chi connectivity index (χ4n) is 3.03. The van der Waals surface area contributed by atoms with Crippen molar-refractivity contribution in [2.75, 3.05) is 39.3 Å². The number of nitrogens with one attached hydrogen (secondary N) is 2. The van der Waals surface area contributed by atoms with Crippen LogP contribution in [0.25, 0.3) is 0 Å². The van der Waals surface area contributed by atoms with E-state index in [0.29, 0.717) is 5.54 Å². The van der Waals surface area contributed by atoms with E-state index in [9.17, 15) is 0 Å². The Kier molecular flexibility index (Phi) is 3.65. The first-order valence-electron chi connectivity index (χ1n) is 6.38. The van der Waals surface area contributed by atoms with E-state index < -0.39 is 0 Å². The molecular formula is C12H25N3. The fraction of sp³-hybridized carbons (Fsp3) is 1.00. The summed E-state index contributed by atoms with van der Waals surface area (Å²) in [6.07, 6.45) is 2.69. The van der Waals surface area contributed by atoms with Crippen molar-refractivity contribution in [3.8, 4) is 0 Å². The van der Waals surface area contributed by atoms with Gasteiger partial charge in [-0.15, -0.1) is 0 Å². The molecule has 0 aromatic carbocycles. The van der Waals surface area contributed by atoms with Gasteiger partial charge in [-0.3, -0.25) is 4.90 Å². The van der Waals surface area contributed by atoms with E-state index in [4.69, 9.17) is 0 Å². The summed E-state index contributed by atoms with van der Waals surface area (Å²) in [5.41, 5.74) is 0.393. The van der Waals surface area contributed by atoms with E-state index in [1.54, 1.807) is 0 Å². The van der Waals surface area contributed by atoms with Crippen LogP contribution in [0.2, 0.25) is 0 Å². The maximum atomic E-state index is 3.46. The average molecular weight is 211 g/mol. The highest BCUT2D eigenvalue weighted by molar-refractivity contribution is 4.92. The Balaban J connectivity index is 1.96. The Morgan fingerprint density at radius 2 is 1.47 bits per heavy atom. The molecule has 0 aliphatic carbocycles. The second kappa shape index (κ2) is 4.81. The number of piperazine rings is 1. The van der Waals surface area contributed by atoms with Gasteiger partial charge in [0.2, 0.25) is 0 Å². The predicted octanol–water partition coefficient (Wildman–Crippen LogP) is 0.670. The first-order chi connectivity index (χ1) is 7.21.